The number of ether oxygens (including phenoxy) is 1. The van der Waals surface area contributed by atoms with Gasteiger partial charge in [0, 0.05) is 11.8 Å². The number of carbonyl (C=O) groups excluding carboxylic acids is 1. The third kappa shape index (κ3) is 1.51. The van der Waals surface area contributed by atoms with Gasteiger partial charge in [0.15, 0.2) is 12.4 Å². The summed E-state index contributed by atoms with van der Waals surface area (Å²) in [6.07, 6.45) is 1.57. The summed E-state index contributed by atoms with van der Waals surface area (Å²) in [5.41, 5.74) is 1.69. The highest BCUT2D eigenvalue weighted by Gasteiger charge is 2.26. The van der Waals surface area contributed by atoms with Crippen LogP contribution in [0.1, 0.15) is 27.2 Å². The number of nitrogens with zero attached hydrogens (tertiary/aromatic N) is 1. The van der Waals surface area contributed by atoms with Crippen LogP contribution in [0.4, 0.5) is 0 Å². The van der Waals surface area contributed by atoms with Gasteiger partial charge in [0.1, 0.15) is 16.5 Å². The first kappa shape index (κ1) is 9.54. The van der Waals surface area contributed by atoms with Crippen LogP contribution in [0.15, 0.2) is 29.6 Å². The molecule has 0 bridgehead atoms. The van der Waals surface area contributed by atoms with Crippen LogP contribution in [0.5, 0.6) is 5.75 Å². The second-order valence-electron chi connectivity index (χ2n) is 3.65. The highest BCUT2D eigenvalue weighted by molar-refractivity contribution is 7.09. The third-order valence-corrected chi connectivity index (χ3v) is 3.54. The van der Waals surface area contributed by atoms with E-state index >= 15 is 0 Å². The number of aldehydes is 1. The predicted molar refractivity (Wildman–Crippen MR) is 61.0 cm³/mol. The number of aromatic nitrogens is 1. The minimum Gasteiger partial charge on any atom is -0.483 e. The molecule has 2 aromatic rings. The van der Waals surface area contributed by atoms with Gasteiger partial charge in [-0.1, -0.05) is 18.2 Å². The largest absolute Gasteiger partial charge is 0.483 e. The fourth-order valence-electron chi connectivity index (χ4n) is 1.82. The second kappa shape index (κ2) is 3.72. The smallest absolute Gasteiger partial charge is 0.169 e. The molecule has 1 aromatic carbocycles. The Labute approximate surface area is 96.7 Å². The number of hydrogen-bond acceptors (Lipinski definition) is 4. The summed E-state index contributed by atoms with van der Waals surface area (Å²) < 4.78 is 5.78. The Kier molecular flexibility index (Phi) is 2.22. The maximum atomic E-state index is 10.6. The van der Waals surface area contributed by atoms with Gasteiger partial charge in [-0.15, -0.1) is 11.3 Å². The van der Waals surface area contributed by atoms with Crippen molar-refractivity contribution in [3.63, 3.8) is 0 Å². The van der Waals surface area contributed by atoms with Crippen LogP contribution in [0.25, 0.3) is 0 Å². The lowest BCUT2D eigenvalue weighted by Gasteiger charge is -2.05. The van der Waals surface area contributed by atoms with E-state index in [1.165, 1.54) is 16.9 Å². The Balaban J connectivity index is 1.88. The van der Waals surface area contributed by atoms with Crippen molar-refractivity contribution in [3.8, 4) is 5.75 Å². The van der Waals surface area contributed by atoms with Gasteiger partial charge >= 0.3 is 0 Å². The summed E-state index contributed by atoms with van der Waals surface area (Å²) in [5.74, 6) is 0.926. The molecule has 80 valence electrons. The van der Waals surface area contributed by atoms with E-state index in [0.29, 0.717) is 5.69 Å². The Morgan fingerprint density at radius 2 is 2.31 bits per heavy atom. The molecule has 0 amide bonds. The minimum atomic E-state index is -0.0314. The van der Waals surface area contributed by atoms with Crippen molar-refractivity contribution in [2.45, 2.75) is 12.5 Å². The Hall–Kier alpha value is -1.68. The molecular weight excluding hydrogens is 222 g/mol. The lowest BCUT2D eigenvalue weighted by Crippen LogP contribution is -2.02. The molecule has 0 radical (unpaired) electrons. The number of para-hydroxylation sites is 1. The van der Waals surface area contributed by atoms with Crippen LogP contribution in [0.3, 0.4) is 0 Å². The Morgan fingerprint density at radius 3 is 3.06 bits per heavy atom. The molecule has 0 aliphatic carbocycles. The molecule has 3 rings (SSSR count). The van der Waals surface area contributed by atoms with Crippen LogP contribution < -0.4 is 4.74 Å². The van der Waals surface area contributed by atoms with E-state index in [2.05, 4.69) is 11.1 Å². The topological polar surface area (TPSA) is 39.2 Å². The van der Waals surface area contributed by atoms with Gasteiger partial charge in [0.05, 0.1) is 0 Å². The second-order valence-corrected chi connectivity index (χ2v) is 4.54. The van der Waals surface area contributed by atoms with Crippen LogP contribution in [0, 0.1) is 0 Å². The highest BCUT2D eigenvalue weighted by Crippen LogP contribution is 2.37. The van der Waals surface area contributed by atoms with E-state index in [1.54, 1.807) is 5.38 Å². The standard InChI is InChI=1S/C12H9NO2S/c14-6-9-7-16-12(13-9)11-5-8-3-1-2-4-10(8)15-11/h1-4,6-7,11H,5H2. The number of carbonyl (C=O) groups is 1. The van der Waals surface area contributed by atoms with Gasteiger partial charge in [-0.3, -0.25) is 4.79 Å². The zero-order valence-corrected chi connectivity index (χ0v) is 9.24. The number of fused-ring (bicyclic) bond motifs is 1. The van der Waals surface area contributed by atoms with Gasteiger partial charge < -0.3 is 4.74 Å². The average Bonchev–Trinajstić information content (AvgIpc) is 2.95. The van der Waals surface area contributed by atoms with Crippen LogP contribution in [0.2, 0.25) is 0 Å². The van der Waals surface area contributed by atoms with E-state index in [-0.39, 0.29) is 6.10 Å². The number of rotatable bonds is 2. The highest BCUT2D eigenvalue weighted by atomic mass is 32.1. The van der Waals surface area contributed by atoms with E-state index in [1.807, 2.05) is 18.2 Å². The van der Waals surface area contributed by atoms with Crippen LogP contribution in [-0.2, 0) is 6.42 Å². The Bertz CT molecular complexity index is 510. The summed E-state index contributed by atoms with van der Waals surface area (Å²) in [7, 11) is 0. The normalized spacial score (nSPS) is 17.9. The number of hydrogen-bond donors (Lipinski definition) is 0. The van der Waals surface area contributed by atoms with Gasteiger partial charge in [-0.25, -0.2) is 4.98 Å². The average molecular weight is 231 g/mol. The van der Waals surface area contributed by atoms with Gasteiger partial charge in [-0.2, -0.15) is 0 Å². The van der Waals surface area contributed by atoms with Gasteiger partial charge in [-0.05, 0) is 11.6 Å². The van der Waals surface area contributed by atoms with Crippen molar-refractivity contribution in [3.05, 3.63) is 45.9 Å². The fraction of sp³-hybridized carbons (Fsp3) is 0.167. The maximum absolute atomic E-state index is 10.6. The van der Waals surface area contributed by atoms with E-state index in [9.17, 15) is 4.79 Å². The molecule has 1 unspecified atom stereocenters. The van der Waals surface area contributed by atoms with Gasteiger partial charge in [0.2, 0.25) is 0 Å². The number of benzene rings is 1. The lowest BCUT2D eigenvalue weighted by atomic mass is 10.1. The molecule has 0 saturated heterocycles. The molecule has 2 heterocycles. The van der Waals surface area contributed by atoms with Crippen molar-refractivity contribution >= 4 is 17.6 Å². The summed E-state index contributed by atoms with van der Waals surface area (Å²) in [6.45, 7) is 0. The molecule has 4 heteroatoms. The van der Waals surface area contributed by atoms with Crippen LogP contribution in [-0.4, -0.2) is 11.3 Å². The molecule has 16 heavy (non-hydrogen) atoms. The molecule has 0 N–H and O–H groups in total. The maximum Gasteiger partial charge on any atom is 0.169 e. The monoisotopic (exact) mass is 231 g/mol. The first-order valence-electron chi connectivity index (χ1n) is 5.02. The quantitative estimate of drug-likeness (QED) is 0.746. The van der Waals surface area contributed by atoms with Crippen molar-refractivity contribution in [2.24, 2.45) is 0 Å². The van der Waals surface area contributed by atoms with E-state index < -0.39 is 0 Å². The molecule has 1 atom stereocenters. The third-order valence-electron chi connectivity index (χ3n) is 2.58. The Morgan fingerprint density at radius 1 is 1.44 bits per heavy atom. The molecule has 3 nitrogen and oxygen atoms in total. The summed E-state index contributed by atoms with van der Waals surface area (Å²) in [4.78, 5) is 14.8. The van der Waals surface area contributed by atoms with Crippen molar-refractivity contribution in [2.75, 3.05) is 0 Å². The molecule has 0 spiro atoms. The molecule has 1 aliphatic rings. The molecule has 1 aromatic heterocycles. The molecule has 0 fully saturated rings. The zero-order valence-electron chi connectivity index (χ0n) is 8.42. The first-order valence-corrected chi connectivity index (χ1v) is 5.90. The fourth-order valence-corrected chi connectivity index (χ4v) is 2.61. The van der Waals surface area contributed by atoms with Crippen molar-refractivity contribution < 1.29 is 9.53 Å². The molecular formula is C12H9NO2S. The molecule has 0 saturated carbocycles. The van der Waals surface area contributed by atoms with Gasteiger partial charge in [0.25, 0.3) is 0 Å². The summed E-state index contributed by atoms with van der Waals surface area (Å²) >= 11 is 1.47. The lowest BCUT2D eigenvalue weighted by molar-refractivity contribution is 0.111. The summed E-state index contributed by atoms with van der Waals surface area (Å²) in [6, 6.07) is 7.98. The minimum absolute atomic E-state index is 0.0314. The molecule has 1 aliphatic heterocycles. The SMILES string of the molecule is O=Cc1csc(C2Cc3ccccc3O2)n1. The van der Waals surface area contributed by atoms with Crippen molar-refractivity contribution in [1.29, 1.82) is 0 Å². The first-order chi connectivity index (χ1) is 7.86. The predicted octanol–water partition coefficient (Wildman–Crippen LogP) is 2.63. The van der Waals surface area contributed by atoms with Crippen molar-refractivity contribution in [1.82, 2.24) is 4.98 Å². The summed E-state index contributed by atoms with van der Waals surface area (Å²) in [5, 5.41) is 2.63. The van der Waals surface area contributed by atoms with E-state index in [4.69, 9.17) is 4.74 Å². The number of thiazole rings is 1. The zero-order chi connectivity index (χ0) is 11.0. The van der Waals surface area contributed by atoms with E-state index in [0.717, 1.165) is 23.5 Å². The van der Waals surface area contributed by atoms with Crippen LogP contribution >= 0.6 is 11.3 Å².